The van der Waals surface area contributed by atoms with Crippen LogP contribution in [0.4, 0.5) is 0 Å². The Morgan fingerprint density at radius 1 is 1.60 bits per heavy atom. The lowest BCUT2D eigenvalue weighted by Crippen LogP contribution is -2.42. The molecule has 1 heterocycles. The van der Waals surface area contributed by atoms with E-state index < -0.39 is 17.5 Å². The third kappa shape index (κ3) is 3.77. The highest BCUT2D eigenvalue weighted by Gasteiger charge is 2.31. The predicted octanol–water partition coefficient (Wildman–Crippen LogP) is -0.210. The first-order chi connectivity index (χ1) is 6.92. The Kier molecular flexibility index (Phi) is 4.07. The van der Waals surface area contributed by atoms with Gasteiger partial charge in [-0.15, -0.1) is 0 Å². The van der Waals surface area contributed by atoms with E-state index in [2.05, 4.69) is 0 Å². The topological polar surface area (TPSA) is 70.0 Å². The fourth-order valence-electron chi connectivity index (χ4n) is 1.63. The van der Waals surface area contributed by atoms with Gasteiger partial charge in [0.2, 0.25) is 0 Å². The number of β-amino-alcohol motifs (C(OH)–C–C–N with tert-alkyl or cyclic N) is 1. The maximum atomic E-state index is 10.9. The standard InChI is InChI=1S/C10H19NO4/c1-10(2,9(13)14)7-11-3-4-15-6-8(12)5-11/h8,12H,3-7H2,1-2H3,(H,13,14). The van der Waals surface area contributed by atoms with E-state index in [1.807, 2.05) is 4.90 Å². The van der Waals surface area contributed by atoms with Crippen LogP contribution < -0.4 is 0 Å². The van der Waals surface area contributed by atoms with E-state index in [9.17, 15) is 9.90 Å². The van der Waals surface area contributed by atoms with Gasteiger partial charge >= 0.3 is 5.97 Å². The van der Waals surface area contributed by atoms with Gasteiger partial charge in [0, 0.05) is 19.6 Å². The quantitative estimate of drug-likeness (QED) is 0.684. The summed E-state index contributed by atoms with van der Waals surface area (Å²) in [6, 6.07) is 0. The highest BCUT2D eigenvalue weighted by atomic mass is 16.5. The molecule has 1 aliphatic rings. The molecule has 1 saturated heterocycles. The third-order valence-corrected chi connectivity index (χ3v) is 2.53. The van der Waals surface area contributed by atoms with Crippen LogP contribution in [0.15, 0.2) is 0 Å². The van der Waals surface area contributed by atoms with Gasteiger partial charge in [0.25, 0.3) is 0 Å². The molecule has 5 heteroatoms. The number of ether oxygens (including phenoxy) is 1. The van der Waals surface area contributed by atoms with Crippen LogP contribution >= 0.6 is 0 Å². The summed E-state index contributed by atoms with van der Waals surface area (Å²) in [4.78, 5) is 12.9. The van der Waals surface area contributed by atoms with Crippen molar-refractivity contribution in [1.29, 1.82) is 0 Å². The molecule has 2 N–H and O–H groups in total. The molecule has 0 saturated carbocycles. The van der Waals surface area contributed by atoms with Crippen LogP contribution in [-0.2, 0) is 9.53 Å². The Morgan fingerprint density at radius 2 is 2.27 bits per heavy atom. The van der Waals surface area contributed by atoms with Crippen LogP contribution in [0.25, 0.3) is 0 Å². The van der Waals surface area contributed by atoms with Crippen molar-refractivity contribution in [2.24, 2.45) is 5.41 Å². The van der Waals surface area contributed by atoms with Gasteiger partial charge < -0.3 is 14.9 Å². The fourth-order valence-corrected chi connectivity index (χ4v) is 1.63. The van der Waals surface area contributed by atoms with E-state index in [0.29, 0.717) is 32.8 Å². The monoisotopic (exact) mass is 217 g/mol. The summed E-state index contributed by atoms with van der Waals surface area (Å²) in [5, 5.41) is 18.5. The maximum absolute atomic E-state index is 10.9. The Bertz CT molecular complexity index is 229. The summed E-state index contributed by atoms with van der Waals surface area (Å²) in [6.07, 6.45) is -0.517. The Morgan fingerprint density at radius 3 is 2.87 bits per heavy atom. The van der Waals surface area contributed by atoms with Gasteiger partial charge in [-0.3, -0.25) is 9.69 Å². The van der Waals surface area contributed by atoms with E-state index in [1.165, 1.54) is 0 Å². The number of rotatable bonds is 3. The van der Waals surface area contributed by atoms with Crippen molar-refractivity contribution in [2.45, 2.75) is 20.0 Å². The Hall–Kier alpha value is -0.650. The lowest BCUT2D eigenvalue weighted by molar-refractivity contribution is -0.148. The summed E-state index contributed by atoms with van der Waals surface area (Å²) < 4.78 is 5.17. The summed E-state index contributed by atoms with van der Waals surface area (Å²) in [5.74, 6) is -0.817. The zero-order valence-corrected chi connectivity index (χ0v) is 9.27. The number of carboxylic acids is 1. The highest BCUT2D eigenvalue weighted by Crippen LogP contribution is 2.18. The molecule has 5 nitrogen and oxygen atoms in total. The van der Waals surface area contributed by atoms with Crippen molar-refractivity contribution in [3.05, 3.63) is 0 Å². The van der Waals surface area contributed by atoms with Gasteiger partial charge in [-0.1, -0.05) is 0 Å². The van der Waals surface area contributed by atoms with Gasteiger partial charge in [0.05, 0.1) is 24.7 Å². The highest BCUT2D eigenvalue weighted by molar-refractivity contribution is 5.73. The van der Waals surface area contributed by atoms with Crippen molar-refractivity contribution in [1.82, 2.24) is 4.90 Å². The molecule has 0 aromatic heterocycles. The molecule has 0 aromatic carbocycles. The molecule has 0 radical (unpaired) electrons. The number of hydrogen-bond acceptors (Lipinski definition) is 4. The molecule has 15 heavy (non-hydrogen) atoms. The first-order valence-corrected chi connectivity index (χ1v) is 5.13. The number of aliphatic carboxylic acids is 1. The van der Waals surface area contributed by atoms with E-state index >= 15 is 0 Å². The van der Waals surface area contributed by atoms with Crippen molar-refractivity contribution in [3.63, 3.8) is 0 Å². The number of carboxylic acid groups (broad SMARTS) is 1. The molecular weight excluding hydrogens is 198 g/mol. The molecule has 0 aromatic rings. The first kappa shape index (κ1) is 12.4. The minimum Gasteiger partial charge on any atom is -0.481 e. The van der Waals surface area contributed by atoms with E-state index in [4.69, 9.17) is 9.84 Å². The van der Waals surface area contributed by atoms with Gasteiger partial charge in [0.1, 0.15) is 0 Å². The van der Waals surface area contributed by atoms with Crippen LogP contribution in [0.3, 0.4) is 0 Å². The molecule has 88 valence electrons. The second-order valence-electron chi connectivity index (χ2n) is 4.65. The van der Waals surface area contributed by atoms with Crippen molar-refractivity contribution >= 4 is 5.97 Å². The van der Waals surface area contributed by atoms with Crippen molar-refractivity contribution in [3.8, 4) is 0 Å². The second-order valence-corrected chi connectivity index (χ2v) is 4.65. The molecule has 1 unspecified atom stereocenters. The fraction of sp³-hybridized carbons (Fsp3) is 0.900. The van der Waals surface area contributed by atoms with Gasteiger partial charge in [-0.2, -0.15) is 0 Å². The molecule has 1 fully saturated rings. The number of carbonyl (C=O) groups is 1. The Labute approximate surface area is 89.6 Å². The predicted molar refractivity (Wildman–Crippen MR) is 54.7 cm³/mol. The average molecular weight is 217 g/mol. The summed E-state index contributed by atoms with van der Waals surface area (Å²) >= 11 is 0. The lowest BCUT2D eigenvalue weighted by Gasteiger charge is -2.28. The minimum absolute atomic E-state index is 0.337. The smallest absolute Gasteiger partial charge is 0.310 e. The largest absolute Gasteiger partial charge is 0.481 e. The third-order valence-electron chi connectivity index (χ3n) is 2.53. The summed E-state index contributed by atoms with van der Waals surface area (Å²) in [5.41, 5.74) is -0.788. The zero-order valence-electron chi connectivity index (χ0n) is 9.27. The van der Waals surface area contributed by atoms with Gasteiger partial charge in [-0.25, -0.2) is 0 Å². The number of hydrogen-bond donors (Lipinski definition) is 2. The molecule has 0 bridgehead atoms. The lowest BCUT2D eigenvalue weighted by atomic mass is 9.93. The molecule has 1 aliphatic heterocycles. The van der Waals surface area contributed by atoms with Gasteiger partial charge in [0.15, 0.2) is 0 Å². The van der Waals surface area contributed by atoms with Crippen molar-refractivity contribution < 1.29 is 19.7 Å². The number of nitrogens with zero attached hydrogens (tertiary/aromatic N) is 1. The summed E-state index contributed by atoms with van der Waals surface area (Å²) in [6.45, 7) is 5.85. The Balaban J connectivity index is 2.52. The molecule has 1 atom stereocenters. The SMILES string of the molecule is CC(C)(CN1CCOCC(O)C1)C(=O)O. The maximum Gasteiger partial charge on any atom is 0.310 e. The van der Waals surface area contributed by atoms with Crippen LogP contribution in [0, 0.1) is 5.41 Å². The molecule has 0 aliphatic carbocycles. The normalized spacial score (nSPS) is 24.9. The molecular formula is C10H19NO4. The average Bonchev–Trinajstić information content (AvgIpc) is 2.28. The molecule has 1 rings (SSSR count). The van der Waals surface area contributed by atoms with Crippen LogP contribution in [0.1, 0.15) is 13.8 Å². The van der Waals surface area contributed by atoms with E-state index in [1.54, 1.807) is 13.8 Å². The summed E-state index contributed by atoms with van der Waals surface area (Å²) in [7, 11) is 0. The molecule has 0 spiro atoms. The van der Waals surface area contributed by atoms with Gasteiger partial charge in [-0.05, 0) is 13.8 Å². The number of aliphatic hydroxyl groups is 1. The van der Waals surface area contributed by atoms with Crippen LogP contribution in [0.5, 0.6) is 0 Å². The zero-order chi connectivity index (χ0) is 11.5. The van der Waals surface area contributed by atoms with Crippen LogP contribution in [0.2, 0.25) is 0 Å². The second kappa shape index (κ2) is 4.92. The number of aliphatic hydroxyl groups excluding tert-OH is 1. The van der Waals surface area contributed by atoms with E-state index in [-0.39, 0.29) is 0 Å². The molecule has 0 amide bonds. The van der Waals surface area contributed by atoms with Crippen molar-refractivity contribution in [2.75, 3.05) is 32.8 Å². The minimum atomic E-state index is -0.817. The first-order valence-electron chi connectivity index (χ1n) is 5.13. The van der Waals surface area contributed by atoms with Crippen LogP contribution in [-0.4, -0.2) is 60.0 Å². The van der Waals surface area contributed by atoms with E-state index in [0.717, 1.165) is 0 Å².